The van der Waals surface area contributed by atoms with Crippen molar-refractivity contribution in [2.24, 2.45) is 0 Å². The maximum atomic E-state index is 12.1. The number of benzene rings is 1. The third kappa shape index (κ3) is 2.75. The van der Waals surface area contributed by atoms with E-state index >= 15 is 0 Å². The van der Waals surface area contributed by atoms with Gasteiger partial charge in [-0.3, -0.25) is 4.79 Å². The van der Waals surface area contributed by atoms with Gasteiger partial charge in [0.15, 0.2) is 0 Å². The molecule has 0 spiro atoms. The molecule has 1 aliphatic heterocycles. The minimum atomic E-state index is -0.284. The molecule has 1 fully saturated rings. The molecule has 92 valence electrons. The number of rotatable bonds is 2. The second-order valence-electron chi connectivity index (χ2n) is 4.05. The number of anilines is 1. The van der Waals surface area contributed by atoms with Crippen LogP contribution >= 0.6 is 0 Å². The highest BCUT2D eigenvalue weighted by Crippen LogP contribution is 2.12. The van der Waals surface area contributed by atoms with Gasteiger partial charge in [-0.25, -0.2) is 0 Å². The molecule has 1 aliphatic rings. The lowest BCUT2D eigenvalue weighted by Gasteiger charge is -2.32. The highest BCUT2D eigenvalue weighted by Gasteiger charge is 2.24. The molecular formula is C12H16N2O3. The van der Waals surface area contributed by atoms with E-state index in [4.69, 9.17) is 15.6 Å². The molecule has 1 unspecified atom stereocenters. The number of amides is 1. The minimum absolute atomic E-state index is 0.0687. The molecule has 0 saturated carbocycles. The molecule has 17 heavy (non-hydrogen) atoms. The molecule has 3 N–H and O–H groups in total. The van der Waals surface area contributed by atoms with Gasteiger partial charge in [-0.2, -0.15) is 0 Å². The number of hydrogen-bond acceptors (Lipinski definition) is 4. The number of carbonyl (C=O) groups is 1. The number of nitrogens with two attached hydrogens (primary N) is 1. The Morgan fingerprint density at radius 2 is 2.41 bits per heavy atom. The summed E-state index contributed by atoms with van der Waals surface area (Å²) >= 11 is 0. The van der Waals surface area contributed by atoms with Gasteiger partial charge in [0.2, 0.25) is 0 Å². The predicted molar refractivity (Wildman–Crippen MR) is 63.6 cm³/mol. The summed E-state index contributed by atoms with van der Waals surface area (Å²) in [5.41, 5.74) is 6.79. The van der Waals surface area contributed by atoms with Gasteiger partial charge in [-0.1, -0.05) is 6.07 Å². The third-order valence-corrected chi connectivity index (χ3v) is 2.76. The van der Waals surface area contributed by atoms with Crippen molar-refractivity contribution < 1.29 is 14.6 Å². The Morgan fingerprint density at radius 1 is 1.59 bits per heavy atom. The van der Waals surface area contributed by atoms with Gasteiger partial charge >= 0.3 is 0 Å². The molecular weight excluding hydrogens is 220 g/mol. The molecule has 0 radical (unpaired) electrons. The predicted octanol–water partition coefficient (Wildman–Crippen LogP) is 0.102. The number of morpholine rings is 1. The zero-order chi connectivity index (χ0) is 12.3. The van der Waals surface area contributed by atoms with Gasteiger partial charge in [0.1, 0.15) is 0 Å². The Hall–Kier alpha value is -1.59. The maximum Gasteiger partial charge on any atom is 0.254 e. The fraction of sp³-hybridized carbons (Fsp3) is 0.417. The van der Waals surface area contributed by atoms with Crippen LogP contribution in [0.4, 0.5) is 5.69 Å². The van der Waals surface area contributed by atoms with E-state index in [1.807, 2.05) is 0 Å². The summed E-state index contributed by atoms with van der Waals surface area (Å²) < 4.78 is 5.30. The van der Waals surface area contributed by atoms with Crippen LogP contribution in [0.1, 0.15) is 10.4 Å². The molecule has 5 nitrogen and oxygen atoms in total. The lowest BCUT2D eigenvalue weighted by Crippen LogP contribution is -2.46. The Balaban J connectivity index is 2.09. The van der Waals surface area contributed by atoms with Crippen molar-refractivity contribution in [1.82, 2.24) is 4.90 Å². The molecule has 1 saturated heterocycles. The van der Waals surface area contributed by atoms with E-state index < -0.39 is 0 Å². The van der Waals surface area contributed by atoms with Crippen LogP contribution in [0.15, 0.2) is 24.3 Å². The highest BCUT2D eigenvalue weighted by atomic mass is 16.5. The van der Waals surface area contributed by atoms with Crippen LogP contribution in [0, 0.1) is 0 Å². The van der Waals surface area contributed by atoms with Gasteiger partial charge in [-0.05, 0) is 18.2 Å². The molecule has 1 aromatic rings. The lowest BCUT2D eigenvalue weighted by atomic mass is 10.1. The topological polar surface area (TPSA) is 75.8 Å². The summed E-state index contributed by atoms with van der Waals surface area (Å²) in [4.78, 5) is 13.8. The van der Waals surface area contributed by atoms with Gasteiger partial charge in [0, 0.05) is 24.3 Å². The van der Waals surface area contributed by atoms with Crippen molar-refractivity contribution in [1.29, 1.82) is 0 Å². The minimum Gasteiger partial charge on any atom is -0.399 e. The van der Waals surface area contributed by atoms with Crippen molar-refractivity contribution >= 4 is 11.6 Å². The van der Waals surface area contributed by atoms with E-state index in [1.165, 1.54) is 0 Å². The Bertz CT molecular complexity index is 408. The summed E-state index contributed by atoms with van der Waals surface area (Å²) in [5, 5.41) is 9.02. The smallest absolute Gasteiger partial charge is 0.254 e. The summed E-state index contributed by atoms with van der Waals surface area (Å²) in [6, 6.07) is 6.90. The van der Waals surface area contributed by atoms with Crippen molar-refractivity contribution in [3.63, 3.8) is 0 Å². The SMILES string of the molecule is Nc1cccc(C(=O)N2CCOC(CO)C2)c1. The van der Waals surface area contributed by atoms with Gasteiger partial charge < -0.3 is 20.5 Å². The fourth-order valence-electron chi connectivity index (χ4n) is 1.87. The summed E-state index contributed by atoms with van der Waals surface area (Å²) in [5.74, 6) is -0.0703. The number of aliphatic hydroxyl groups is 1. The first-order valence-electron chi connectivity index (χ1n) is 5.58. The van der Waals surface area contributed by atoms with E-state index in [0.717, 1.165) is 0 Å². The van der Waals surface area contributed by atoms with E-state index in [9.17, 15) is 4.79 Å². The quantitative estimate of drug-likeness (QED) is 0.714. The van der Waals surface area contributed by atoms with Crippen molar-refractivity contribution in [3.05, 3.63) is 29.8 Å². The van der Waals surface area contributed by atoms with Crippen LogP contribution < -0.4 is 5.73 Å². The number of nitrogens with zero attached hydrogens (tertiary/aromatic N) is 1. The molecule has 2 rings (SSSR count). The summed E-state index contributed by atoms with van der Waals surface area (Å²) in [6.07, 6.45) is -0.284. The van der Waals surface area contributed by atoms with Crippen LogP contribution in [0.5, 0.6) is 0 Å². The zero-order valence-corrected chi connectivity index (χ0v) is 9.50. The van der Waals surface area contributed by atoms with E-state index in [1.54, 1.807) is 29.2 Å². The number of nitrogen functional groups attached to an aromatic ring is 1. The zero-order valence-electron chi connectivity index (χ0n) is 9.50. The van der Waals surface area contributed by atoms with E-state index in [0.29, 0.717) is 30.9 Å². The van der Waals surface area contributed by atoms with Crippen molar-refractivity contribution in [3.8, 4) is 0 Å². The molecule has 1 aromatic carbocycles. The van der Waals surface area contributed by atoms with Crippen LogP contribution in [0.2, 0.25) is 0 Å². The third-order valence-electron chi connectivity index (χ3n) is 2.76. The number of ether oxygens (including phenoxy) is 1. The van der Waals surface area contributed by atoms with E-state index in [2.05, 4.69) is 0 Å². The first kappa shape index (κ1) is 11.9. The Morgan fingerprint density at radius 3 is 3.12 bits per heavy atom. The summed E-state index contributed by atoms with van der Waals surface area (Å²) in [6.45, 7) is 1.36. The summed E-state index contributed by atoms with van der Waals surface area (Å²) in [7, 11) is 0. The molecule has 1 amide bonds. The maximum absolute atomic E-state index is 12.1. The highest BCUT2D eigenvalue weighted by molar-refractivity contribution is 5.95. The Kier molecular flexibility index (Phi) is 3.61. The number of carbonyl (C=O) groups excluding carboxylic acids is 1. The van der Waals surface area contributed by atoms with Crippen molar-refractivity contribution in [2.75, 3.05) is 32.0 Å². The van der Waals surface area contributed by atoms with Crippen LogP contribution in [-0.4, -0.2) is 48.3 Å². The average molecular weight is 236 g/mol. The van der Waals surface area contributed by atoms with Crippen LogP contribution in [0.3, 0.4) is 0 Å². The normalized spacial score (nSPS) is 20.3. The average Bonchev–Trinajstić information content (AvgIpc) is 2.38. The molecule has 1 heterocycles. The van der Waals surface area contributed by atoms with Crippen molar-refractivity contribution in [2.45, 2.75) is 6.10 Å². The van der Waals surface area contributed by atoms with Crippen LogP contribution in [0.25, 0.3) is 0 Å². The molecule has 0 aliphatic carbocycles. The van der Waals surface area contributed by atoms with Crippen LogP contribution in [-0.2, 0) is 4.74 Å². The standard InChI is InChI=1S/C12H16N2O3/c13-10-3-1-2-9(6-10)12(16)14-4-5-17-11(7-14)8-15/h1-3,6,11,15H,4-5,7-8,13H2. The first-order valence-corrected chi connectivity index (χ1v) is 5.58. The van der Waals surface area contributed by atoms with Gasteiger partial charge in [0.05, 0.1) is 19.3 Å². The fourth-order valence-corrected chi connectivity index (χ4v) is 1.87. The number of aliphatic hydroxyl groups excluding tert-OH is 1. The molecule has 5 heteroatoms. The molecule has 0 aromatic heterocycles. The van der Waals surface area contributed by atoms with E-state index in [-0.39, 0.29) is 18.6 Å². The second kappa shape index (κ2) is 5.16. The largest absolute Gasteiger partial charge is 0.399 e. The first-order chi connectivity index (χ1) is 8.20. The van der Waals surface area contributed by atoms with Gasteiger partial charge in [0.25, 0.3) is 5.91 Å². The molecule has 0 bridgehead atoms. The molecule has 1 atom stereocenters. The van der Waals surface area contributed by atoms with Gasteiger partial charge in [-0.15, -0.1) is 0 Å². The lowest BCUT2D eigenvalue weighted by molar-refractivity contribution is -0.0447. The Labute approximate surface area is 99.8 Å². The monoisotopic (exact) mass is 236 g/mol. The second-order valence-corrected chi connectivity index (χ2v) is 4.05. The number of hydrogen-bond donors (Lipinski definition) is 2.